The van der Waals surface area contributed by atoms with Crippen LogP contribution in [0.1, 0.15) is 23.7 Å². The monoisotopic (exact) mass is 165 g/mol. The molecule has 1 rings (SSSR count). The minimum Gasteiger partial charge on any atom is -0.493 e. The summed E-state index contributed by atoms with van der Waals surface area (Å²) < 4.78 is 5.51. The Labute approximate surface area is 73.6 Å². The smallest absolute Gasteiger partial charge is 0.128 e. The van der Waals surface area contributed by atoms with Gasteiger partial charge in [-0.25, -0.2) is 0 Å². The third kappa shape index (κ3) is 1.58. The molecular weight excluding hydrogens is 150 g/mol. The van der Waals surface area contributed by atoms with E-state index in [1.54, 1.807) is 0 Å². The molecular formula is C10H15NO. The van der Waals surface area contributed by atoms with E-state index in [9.17, 15) is 0 Å². The van der Waals surface area contributed by atoms with E-state index >= 15 is 0 Å². The fourth-order valence-corrected chi connectivity index (χ4v) is 1.18. The number of aromatic nitrogens is 1. The van der Waals surface area contributed by atoms with Crippen LogP contribution in [0.25, 0.3) is 0 Å². The molecule has 0 atom stereocenters. The summed E-state index contributed by atoms with van der Waals surface area (Å²) in [5.74, 6) is 0.991. The molecule has 0 spiro atoms. The molecule has 0 saturated heterocycles. The molecule has 0 bridgehead atoms. The van der Waals surface area contributed by atoms with E-state index < -0.39 is 0 Å². The van der Waals surface area contributed by atoms with E-state index in [1.807, 2.05) is 33.9 Å². The third-order valence-corrected chi connectivity index (χ3v) is 1.98. The first-order chi connectivity index (χ1) is 5.66. The lowest BCUT2D eigenvalue weighted by atomic mass is 10.1. The molecule has 1 aromatic heterocycles. The topological polar surface area (TPSA) is 22.1 Å². The van der Waals surface area contributed by atoms with Crippen LogP contribution in [0.4, 0.5) is 0 Å². The van der Waals surface area contributed by atoms with Crippen molar-refractivity contribution in [2.24, 2.45) is 0 Å². The minimum atomic E-state index is 0.713. The molecule has 1 aromatic rings. The van der Waals surface area contributed by atoms with Gasteiger partial charge in [0.15, 0.2) is 0 Å². The molecule has 0 unspecified atom stereocenters. The summed E-state index contributed by atoms with van der Waals surface area (Å²) >= 11 is 0. The molecule has 0 saturated carbocycles. The second kappa shape index (κ2) is 3.57. The van der Waals surface area contributed by atoms with Gasteiger partial charge in [-0.05, 0) is 27.7 Å². The van der Waals surface area contributed by atoms with Crippen molar-refractivity contribution in [3.8, 4) is 5.75 Å². The van der Waals surface area contributed by atoms with E-state index in [2.05, 4.69) is 4.98 Å². The van der Waals surface area contributed by atoms with Crippen LogP contribution in [0.3, 0.4) is 0 Å². The number of hydrogen-bond acceptors (Lipinski definition) is 2. The van der Waals surface area contributed by atoms with E-state index in [0.717, 1.165) is 22.6 Å². The van der Waals surface area contributed by atoms with Crippen molar-refractivity contribution >= 4 is 0 Å². The SMILES string of the molecule is CCOc1c(C)cnc(C)c1C. The highest BCUT2D eigenvalue weighted by atomic mass is 16.5. The molecule has 2 nitrogen and oxygen atoms in total. The second-order valence-corrected chi connectivity index (χ2v) is 2.91. The highest BCUT2D eigenvalue weighted by Gasteiger charge is 2.05. The average Bonchev–Trinajstić information content (AvgIpc) is 2.06. The summed E-state index contributed by atoms with van der Waals surface area (Å²) in [5.41, 5.74) is 3.31. The summed E-state index contributed by atoms with van der Waals surface area (Å²) in [5, 5.41) is 0. The maximum Gasteiger partial charge on any atom is 0.128 e. The lowest BCUT2D eigenvalue weighted by Gasteiger charge is -2.11. The van der Waals surface area contributed by atoms with Gasteiger partial charge in [-0.3, -0.25) is 4.98 Å². The van der Waals surface area contributed by atoms with Crippen molar-refractivity contribution in [3.05, 3.63) is 23.0 Å². The standard InChI is InChI=1S/C10H15NO/c1-5-12-10-7(2)6-11-9(4)8(10)3/h6H,5H2,1-4H3. The Morgan fingerprint density at radius 2 is 2.00 bits per heavy atom. The van der Waals surface area contributed by atoms with Gasteiger partial charge in [0.05, 0.1) is 6.61 Å². The molecule has 66 valence electrons. The zero-order valence-electron chi connectivity index (χ0n) is 8.14. The molecule has 0 radical (unpaired) electrons. The summed E-state index contributed by atoms with van der Waals surface area (Å²) in [6, 6.07) is 0. The van der Waals surface area contributed by atoms with Gasteiger partial charge in [-0.2, -0.15) is 0 Å². The van der Waals surface area contributed by atoms with Crippen molar-refractivity contribution in [2.45, 2.75) is 27.7 Å². The Kier molecular flexibility index (Phi) is 2.69. The summed E-state index contributed by atoms with van der Waals surface area (Å²) in [4.78, 5) is 4.24. The Hall–Kier alpha value is -1.05. The zero-order chi connectivity index (χ0) is 9.14. The maximum atomic E-state index is 5.51. The van der Waals surface area contributed by atoms with Crippen LogP contribution < -0.4 is 4.74 Å². The van der Waals surface area contributed by atoms with Crippen molar-refractivity contribution in [2.75, 3.05) is 6.61 Å². The van der Waals surface area contributed by atoms with Gasteiger partial charge >= 0.3 is 0 Å². The van der Waals surface area contributed by atoms with Gasteiger partial charge in [0.1, 0.15) is 5.75 Å². The molecule has 0 aromatic carbocycles. The average molecular weight is 165 g/mol. The molecule has 1 heterocycles. The van der Waals surface area contributed by atoms with Crippen molar-refractivity contribution in [3.63, 3.8) is 0 Å². The summed E-state index contributed by atoms with van der Waals surface area (Å²) in [6.07, 6.45) is 1.85. The Morgan fingerprint density at radius 1 is 1.33 bits per heavy atom. The molecule has 0 aliphatic heterocycles. The highest BCUT2D eigenvalue weighted by molar-refractivity contribution is 5.40. The molecule has 0 aliphatic rings. The number of rotatable bonds is 2. The van der Waals surface area contributed by atoms with Crippen LogP contribution in [-0.2, 0) is 0 Å². The van der Waals surface area contributed by atoms with Gasteiger partial charge in [-0.15, -0.1) is 0 Å². The number of aryl methyl sites for hydroxylation is 2. The number of pyridine rings is 1. The lowest BCUT2D eigenvalue weighted by molar-refractivity contribution is 0.334. The van der Waals surface area contributed by atoms with E-state index in [4.69, 9.17) is 4.74 Å². The lowest BCUT2D eigenvalue weighted by Crippen LogP contribution is -1.99. The predicted octanol–water partition coefficient (Wildman–Crippen LogP) is 2.41. The zero-order valence-corrected chi connectivity index (χ0v) is 8.14. The third-order valence-electron chi connectivity index (χ3n) is 1.98. The van der Waals surface area contributed by atoms with E-state index in [0.29, 0.717) is 6.61 Å². The van der Waals surface area contributed by atoms with Crippen LogP contribution in [-0.4, -0.2) is 11.6 Å². The molecule has 2 heteroatoms. The first-order valence-corrected chi connectivity index (χ1v) is 4.22. The normalized spacial score (nSPS) is 10.0. The maximum absolute atomic E-state index is 5.51. The van der Waals surface area contributed by atoms with Crippen molar-refractivity contribution in [1.82, 2.24) is 4.98 Å². The quantitative estimate of drug-likeness (QED) is 0.671. The number of nitrogens with zero attached hydrogens (tertiary/aromatic N) is 1. The molecule has 12 heavy (non-hydrogen) atoms. The van der Waals surface area contributed by atoms with Crippen LogP contribution in [0.15, 0.2) is 6.20 Å². The number of hydrogen-bond donors (Lipinski definition) is 0. The molecule has 0 aliphatic carbocycles. The van der Waals surface area contributed by atoms with Gasteiger partial charge < -0.3 is 4.74 Å². The summed E-state index contributed by atoms with van der Waals surface area (Å²) in [7, 11) is 0. The molecule has 0 amide bonds. The Balaban J connectivity index is 3.14. The first-order valence-electron chi connectivity index (χ1n) is 4.22. The Bertz CT molecular complexity index is 281. The van der Waals surface area contributed by atoms with Gasteiger partial charge in [0.2, 0.25) is 0 Å². The minimum absolute atomic E-state index is 0.713. The Morgan fingerprint density at radius 3 is 2.58 bits per heavy atom. The molecule has 0 N–H and O–H groups in total. The van der Waals surface area contributed by atoms with Crippen molar-refractivity contribution < 1.29 is 4.74 Å². The van der Waals surface area contributed by atoms with E-state index in [-0.39, 0.29) is 0 Å². The van der Waals surface area contributed by atoms with Crippen LogP contribution in [0.2, 0.25) is 0 Å². The highest BCUT2D eigenvalue weighted by Crippen LogP contribution is 2.23. The van der Waals surface area contributed by atoms with Crippen LogP contribution in [0, 0.1) is 20.8 Å². The second-order valence-electron chi connectivity index (χ2n) is 2.91. The van der Waals surface area contributed by atoms with Crippen LogP contribution in [0.5, 0.6) is 5.75 Å². The van der Waals surface area contributed by atoms with Crippen molar-refractivity contribution in [1.29, 1.82) is 0 Å². The van der Waals surface area contributed by atoms with Gasteiger partial charge in [0, 0.05) is 23.0 Å². The van der Waals surface area contributed by atoms with E-state index in [1.165, 1.54) is 0 Å². The first kappa shape index (κ1) is 9.04. The summed E-state index contributed by atoms with van der Waals surface area (Å²) in [6.45, 7) is 8.77. The molecule has 0 fully saturated rings. The predicted molar refractivity (Wildman–Crippen MR) is 49.6 cm³/mol. The number of ether oxygens (including phenoxy) is 1. The fraction of sp³-hybridized carbons (Fsp3) is 0.500. The van der Waals surface area contributed by atoms with Gasteiger partial charge in [0.25, 0.3) is 0 Å². The largest absolute Gasteiger partial charge is 0.493 e. The van der Waals surface area contributed by atoms with Crippen LogP contribution >= 0.6 is 0 Å². The fourth-order valence-electron chi connectivity index (χ4n) is 1.18. The van der Waals surface area contributed by atoms with Gasteiger partial charge in [-0.1, -0.05) is 0 Å².